The fraction of sp³-hybridized carbons (Fsp3) is 0.286. The summed E-state index contributed by atoms with van der Waals surface area (Å²) in [4.78, 5) is 0. The van der Waals surface area contributed by atoms with Gasteiger partial charge in [-0.2, -0.15) is 0 Å². The van der Waals surface area contributed by atoms with Crippen LogP contribution in [0.25, 0.3) is 5.57 Å². The van der Waals surface area contributed by atoms with Crippen LogP contribution in [-0.4, -0.2) is 13.2 Å². The molecule has 1 aliphatic carbocycles. The molecule has 1 nitrogen and oxygen atoms in total. The van der Waals surface area contributed by atoms with Gasteiger partial charge in [-0.1, -0.05) is 40.2 Å². The van der Waals surface area contributed by atoms with Gasteiger partial charge >= 0.3 is 0 Å². The van der Waals surface area contributed by atoms with Gasteiger partial charge in [0.2, 0.25) is 0 Å². The molecule has 1 fully saturated rings. The fourth-order valence-electron chi connectivity index (χ4n) is 2.41. The maximum Gasteiger partial charge on any atom is 0.0689 e. The van der Waals surface area contributed by atoms with Gasteiger partial charge in [0.05, 0.1) is 13.2 Å². The number of hydrogen-bond donors (Lipinski definition) is 0. The fourth-order valence-corrected chi connectivity index (χ4v) is 2.67. The molecule has 1 aliphatic heterocycles. The highest BCUT2D eigenvalue weighted by atomic mass is 79.9. The van der Waals surface area contributed by atoms with E-state index in [1.165, 1.54) is 16.7 Å². The predicted molar refractivity (Wildman–Crippen MR) is 69.1 cm³/mol. The van der Waals surface area contributed by atoms with Crippen molar-refractivity contribution in [1.82, 2.24) is 0 Å². The standard InChI is InChI=1S/C14H13BrO/c15-12-6-4-10(5-7-12)13-3-1-2-11-8-16-9-14(11)13/h1,3-7,11H,2,8-9H2/t11-/m1/s1. The Kier molecular flexibility index (Phi) is 2.70. The minimum absolute atomic E-state index is 0.614. The van der Waals surface area contributed by atoms with E-state index in [-0.39, 0.29) is 0 Å². The zero-order valence-electron chi connectivity index (χ0n) is 8.95. The molecule has 1 atom stereocenters. The van der Waals surface area contributed by atoms with Crippen LogP contribution in [0.15, 0.2) is 46.5 Å². The second-order valence-corrected chi connectivity index (χ2v) is 5.21. The first-order valence-electron chi connectivity index (χ1n) is 5.58. The van der Waals surface area contributed by atoms with Crippen LogP contribution in [-0.2, 0) is 4.74 Å². The third kappa shape index (κ3) is 1.76. The van der Waals surface area contributed by atoms with Crippen LogP contribution in [0.3, 0.4) is 0 Å². The molecule has 0 spiro atoms. The Hall–Kier alpha value is -0.860. The van der Waals surface area contributed by atoms with Crippen LogP contribution in [0.5, 0.6) is 0 Å². The van der Waals surface area contributed by atoms with Gasteiger partial charge in [0.1, 0.15) is 0 Å². The molecule has 2 aliphatic rings. The van der Waals surface area contributed by atoms with E-state index in [9.17, 15) is 0 Å². The van der Waals surface area contributed by atoms with Gasteiger partial charge in [-0.3, -0.25) is 0 Å². The zero-order valence-corrected chi connectivity index (χ0v) is 10.5. The van der Waals surface area contributed by atoms with Crippen molar-refractivity contribution in [3.63, 3.8) is 0 Å². The zero-order chi connectivity index (χ0) is 11.0. The summed E-state index contributed by atoms with van der Waals surface area (Å²) in [6.07, 6.45) is 5.64. The maximum absolute atomic E-state index is 5.56. The molecule has 0 saturated carbocycles. The highest BCUT2D eigenvalue weighted by molar-refractivity contribution is 9.10. The van der Waals surface area contributed by atoms with Crippen molar-refractivity contribution in [3.8, 4) is 0 Å². The lowest BCUT2D eigenvalue weighted by atomic mass is 9.86. The molecule has 1 saturated heterocycles. The monoisotopic (exact) mass is 276 g/mol. The van der Waals surface area contributed by atoms with Crippen LogP contribution >= 0.6 is 15.9 Å². The van der Waals surface area contributed by atoms with E-state index in [1.807, 2.05) is 0 Å². The summed E-state index contributed by atoms with van der Waals surface area (Å²) >= 11 is 3.47. The Morgan fingerprint density at radius 2 is 2.00 bits per heavy atom. The van der Waals surface area contributed by atoms with E-state index < -0.39 is 0 Å². The molecule has 1 heterocycles. The summed E-state index contributed by atoms with van der Waals surface area (Å²) in [6, 6.07) is 8.52. The van der Waals surface area contributed by atoms with Gasteiger partial charge in [0.15, 0.2) is 0 Å². The Morgan fingerprint density at radius 1 is 1.19 bits per heavy atom. The average molecular weight is 277 g/mol. The molecule has 1 aromatic rings. The van der Waals surface area contributed by atoms with Crippen LogP contribution in [0, 0.1) is 5.92 Å². The number of rotatable bonds is 1. The molecule has 0 unspecified atom stereocenters. The SMILES string of the molecule is Brc1ccc(C2=C3COC[C@H]3CC=C2)cc1. The molecule has 0 radical (unpaired) electrons. The van der Waals surface area contributed by atoms with E-state index in [0.717, 1.165) is 24.1 Å². The van der Waals surface area contributed by atoms with E-state index in [4.69, 9.17) is 4.74 Å². The summed E-state index contributed by atoms with van der Waals surface area (Å²) in [5, 5.41) is 0. The summed E-state index contributed by atoms with van der Waals surface area (Å²) in [5.41, 5.74) is 4.13. The predicted octanol–water partition coefficient (Wildman–Crippen LogP) is 3.81. The van der Waals surface area contributed by atoms with Crippen molar-refractivity contribution in [3.05, 3.63) is 52.0 Å². The quantitative estimate of drug-likeness (QED) is 0.758. The van der Waals surface area contributed by atoms with Gasteiger partial charge in [-0.25, -0.2) is 0 Å². The normalized spacial score (nSPS) is 23.7. The third-order valence-corrected chi connectivity index (χ3v) is 3.80. The minimum Gasteiger partial charge on any atom is -0.376 e. The summed E-state index contributed by atoms with van der Waals surface area (Å²) < 4.78 is 6.69. The van der Waals surface area contributed by atoms with E-state index in [0.29, 0.717) is 5.92 Å². The molecular formula is C14H13BrO. The molecular weight excluding hydrogens is 264 g/mol. The summed E-state index contributed by atoms with van der Waals surface area (Å²) in [7, 11) is 0. The Labute approximate surface area is 104 Å². The summed E-state index contributed by atoms with van der Waals surface area (Å²) in [5.74, 6) is 0.614. The van der Waals surface area contributed by atoms with Gasteiger partial charge in [-0.15, -0.1) is 0 Å². The van der Waals surface area contributed by atoms with Crippen LogP contribution in [0.4, 0.5) is 0 Å². The molecule has 0 aromatic heterocycles. The number of fused-ring (bicyclic) bond motifs is 1. The minimum atomic E-state index is 0.614. The van der Waals surface area contributed by atoms with E-state index in [1.54, 1.807) is 0 Å². The van der Waals surface area contributed by atoms with Crippen molar-refractivity contribution < 1.29 is 4.74 Å². The average Bonchev–Trinajstić information content (AvgIpc) is 2.78. The van der Waals surface area contributed by atoms with Crippen LogP contribution in [0.1, 0.15) is 12.0 Å². The number of benzene rings is 1. The second kappa shape index (κ2) is 4.19. The lowest BCUT2D eigenvalue weighted by molar-refractivity contribution is 0.189. The van der Waals surface area contributed by atoms with Crippen molar-refractivity contribution in [1.29, 1.82) is 0 Å². The lowest BCUT2D eigenvalue weighted by Crippen LogP contribution is -2.06. The van der Waals surface area contributed by atoms with Crippen molar-refractivity contribution >= 4 is 21.5 Å². The van der Waals surface area contributed by atoms with Gasteiger partial charge in [-0.05, 0) is 35.3 Å². The first-order chi connectivity index (χ1) is 7.84. The maximum atomic E-state index is 5.56. The van der Waals surface area contributed by atoms with Crippen molar-refractivity contribution in [2.45, 2.75) is 6.42 Å². The Morgan fingerprint density at radius 3 is 2.81 bits per heavy atom. The van der Waals surface area contributed by atoms with Crippen molar-refractivity contribution in [2.24, 2.45) is 5.92 Å². The molecule has 16 heavy (non-hydrogen) atoms. The number of ether oxygens (including phenoxy) is 1. The Balaban J connectivity index is 2.05. The van der Waals surface area contributed by atoms with Crippen LogP contribution in [0.2, 0.25) is 0 Å². The third-order valence-electron chi connectivity index (χ3n) is 3.28. The molecule has 0 amide bonds. The first-order valence-corrected chi connectivity index (χ1v) is 6.37. The molecule has 2 heteroatoms. The van der Waals surface area contributed by atoms with Gasteiger partial charge in [0.25, 0.3) is 0 Å². The number of hydrogen-bond acceptors (Lipinski definition) is 1. The molecule has 3 rings (SSSR count). The van der Waals surface area contributed by atoms with E-state index >= 15 is 0 Å². The topological polar surface area (TPSA) is 9.23 Å². The Bertz CT molecular complexity index is 456. The number of halogens is 1. The molecule has 0 bridgehead atoms. The van der Waals surface area contributed by atoms with E-state index in [2.05, 4.69) is 52.3 Å². The van der Waals surface area contributed by atoms with Crippen LogP contribution < -0.4 is 0 Å². The van der Waals surface area contributed by atoms with Crippen molar-refractivity contribution in [2.75, 3.05) is 13.2 Å². The highest BCUT2D eigenvalue weighted by Crippen LogP contribution is 2.35. The number of allylic oxidation sites excluding steroid dienone is 3. The first kappa shape index (κ1) is 10.3. The second-order valence-electron chi connectivity index (χ2n) is 4.30. The van der Waals surface area contributed by atoms with Gasteiger partial charge < -0.3 is 4.74 Å². The smallest absolute Gasteiger partial charge is 0.0689 e. The molecule has 0 N–H and O–H groups in total. The largest absolute Gasteiger partial charge is 0.376 e. The summed E-state index contributed by atoms with van der Waals surface area (Å²) in [6.45, 7) is 1.69. The molecule has 1 aromatic carbocycles. The van der Waals surface area contributed by atoms with Gasteiger partial charge in [0, 0.05) is 10.4 Å². The lowest BCUT2D eigenvalue weighted by Gasteiger charge is -2.17. The molecule has 82 valence electrons. The highest BCUT2D eigenvalue weighted by Gasteiger charge is 2.25.